The first-order valence-corrected chi connectivity index (χ1v) is 14.6. The van der Waals surface area contributed by atoms with E-state index in [-0.39, 0.29) is 29.7 Å². The lowest BCUT2D eigenvalue weighted by Gasteiger charge is -2.55. The molecule has 2 aromatic rings. The minimum Gasteiger partial charge on any atom is -0.488 e. The summed E-state index contributed by atoms with van der Waals surface area (Å²) in [6.07, 6.45) is 8.23. The molecule has 5 nitrogen and oxygen atoms in total. The molecule has 1 N–H and O–H groups in total. The minimum absolute atomic E-state index is 0.0603. The van der Waals surface area contributed by atoms with Gasteiger partial charge in [-0.1, -0.05) is 39.8 Å². The minimum atomic E-state index is -0.368. The molecule has 37 heavy (non-hydrogen) atoms. The van der Waals surface area contributed by atoms with Crippen LogP contribution in [-0.2, 0) is 16.2 Å². The first-order valence-electron chi connectivity index (χ1n) is 12.5. The quantitative estimate of drug-likeness (QED) is 0.298. The Balaban J connectivity index is 1.18. The standard InChI is InChI=1S/C28H26BrFN2O3S2/c29-21-3-6-23(35-15-16-1-4-22(30)5-2-16)20(10-21)11-24-25(33)32(27(36)37-24)31-26(34)28-12-17-7-18(13-28)9-19(8-17)14-28/h1-6,10-11,17-19H,7-9,12-15H2,(H,31,34)/b24-11-. The molecule has 192 valence electrons. The van der Waals surface area contributed by atoms with Crippen LogP contribution in [0.5, 0.6) is 5.75 Å². The Labute approximate surface area is 233 Å². The van der Waals surface area contributed by atoms with Gasteiger partial charge in [-0.05, 0) is 110 Å². The Morgan fingerprint density at radius 2 is 1.78 bits per heavy atom. The van der Waals surface area contributed by atoms with Gasteiger partial charge in [0.25, 0.3) is 5.91 Å². The van der Waals surface area contributed by atoms with E-state index in [0.717, 1.165) is 29.3 Å². The SMILES string of the molecule is O=C1/C(=C/c2cc(Br)ccc2OCc2ccc(F)cc2)SC(=S)N1NC(=O)C12CC3CC(CC(C3)C1)C2. The maximum absolute atomic E-state index is 13.5. The Morgan fingerprint density at radius 1 is 1.14 bits per heavy atom. The number of halogens is 2. The van der Waals surface area contributed by atoms with E-state index in [1.165, 1.54) is 48.2 Å². The van der Waals surface area contributed by atoms with E-state index in [4.69, 9.17) is 17.0 Å². The molecule has 0 unspecified atom stereocenters. The van der Waals surface area contributed by atoms with Crippen molar-refractivity contribution in [1.29, 1.82) is 0 Å². The van der Waals surface area contributed by atoms with Gasteiger partial charge < -0.3 is 4.74 Å². The Hall–Kier alpha value is -2.23. The summed E-state index contributed by atoms with van der Waals surface area (Å²) < 4.78 is 20.4. The fourth-order valence-corrected chi connectivity index (χ4v) is 8.37. The molecule has 0 spiro atoms. The van der Waals surface area contributed by atoms with Crippen molar-refractivity contribution < 1.29 is 18.7 Å². The van der Waals surface area contributed by atoms with Crippen LogP contribution in [0.15, 0.2) is 51.8 Å². The number of carbonyl (C=O) groups excluding carboxylic acids is 2. The van der Waals surface area contributed by atoms with Crippen molar-refractivity contribution in [1.82, 2.24) is 10.4 Å². The zero-order valence-electron chi connectivity index (χ0n) is 20.0. The van der Waals surface area contributed by atoms with Crippen LogP contribution in [-0.4, -0.2) is 21.1 Å². The van der Waals surface area contributed by atoms with E-state index in [0.29, 0.717) is 38.3 Å². The second kappa shape index (κ2) is 9.82. The van der Waals surface area contributed by atoms with Gasteiger partial charge in [0.05, 0.1) is 10.3 Å². The van der Waals surface area contributed by atoms with Gasteiger partial charge in [-0.3, -0.25) is 15.0 Å². The van der Waals surface area contributed by atoms with Gasteiger partial charge in [-0.15, -0.1) is 0 Å². The molecule has 2 amide bonds. The molecule has 2 aromatic carbocycles. The first kappa shape index (κ1) is 25.1. The van der Waals surface area contributed by atoms with Crippen LogP contribution in [0.4, 0.5) is 4.39 Å². The van der Waals surface area contributed by atoms with Gasteiger partial charge in [0.2, 0.25) is 5.91 Å². The first-order chi connectivity index (χ1) is 17.8. The summed E-state index contributed by atoms with van der Waals surface area (Å²) in [6.45, 7) is 0.255. The zero-order chi connectivity index (χ0) is 25.7. The number of hydrogen-bond donors (Lipinski definition) is 1. The topological polar surface area (TPSA) is 58.6 Å². The van der Waals surface area contributed by atoms with Crippen molar-refractivity contribution in [3.05, 3.63) is 68.8 Å². The number of thioether (sulfide) groups is 1. The number of hydrogen-bond acceptors (Lipinski definition) is 5. The number of rotatable bonds is 6. The number of nitrogens with one attached hydrogen (secondary N) is 1. The monoisotopic (exact) mass is 600 g/mol. The average Bonchev–Trinajstić information content (AvgIpc) is 3.11. The lowest BCUT2D eigenvalue weighted by atomic mass is 9.49. The molecule has 7 rings (SSSR count). The maximum Gasteiger partial charge on any atom is 0.285 e. The average molecular weight is 602 g/mol. The number of carbonyl (C=O) groups is 2. The van der Waals surface area contributed by atoms with Gasteiger partial charge >= 0.3 is 0 Å². The van der Waals surface area contributed by atoms with Crippen LogP contribution in [0, 0.1) is 29.0 Å². The van der Waals surface area contributed by atoms with Crippen molar-refractivity contribution >= 4 is 62.1 Å². The van der Waals surface area contributed by atoms with Gasteiger partial charge in [0.1, 0.15) is 18.2 Å². The van der Waals surface area contributed by atoms with Crippen LogP contribution in [0.3, 0.4) is 0 Å². The molecule has 4 aliphatic carbocycles. The van der Waals surface area contributed by atoms with E-state index >= 15 is 0 Å². The lowest BCUT2D eigenvalue weighted by Crippen LogP contribution is -2.57. The summed E-state index contributed by atoms with van der Waals surface area (Å²) in [5.41, 5.74) is 4.06. The smallest absolute Gasteiger partial charge is 0.285 e. The highest BCUT2D eigenvalue weighted by molar-refractivity contribution is 9.10. The van der Waals surface area contributed by atoms with Gasteiger partial charge in [-0.25, -0.2) is 4.39 Å². The number of ether oxygens (including phenoxy) is 1. The highest BCUT2D eigenvalue weighted by atomic mass is 79.9. The number of thiocarbonyl (C=S) groups is 1. The number of amides is 2. The predicted octanol–water partition coefficient (Wildman–Crippen LogP) is 6.62. The number of benzene rings is 2. The van der Waals surface area contributed by atoms with Crippen molar-refractivity contribution in [2.24, 2.45) is 23.2 Å². The van der Waals surface area contributed by atoms with Crippen molar-refractivity contribution in [3.8, 4) is 5.75 Å². The van der Waals surface area contributed by atoms with Crippen LogP contribution < -0.4 is 10.2 Å². The maximum atomic E-state index is 13.5. The second-order valence-corrected chi connectivity index (χ2v) is 13.3. The van der Waals surface area contributed by atoms with Crippen molar-refractivity contribution in [2.75, 3.05) is 0 Å². The molecule has 1 aliphatic heterocycles. The van der Waals surface area contributed by atoms with E-state index in [1.54, 1.807) is 18.2 Å². The van der Waals surface area contributed by atoms with Crippen molar-refractivity contribution in [3.63, 3.8) is 0 Å². The predicted molar refractivity (Wildman–Crippen MR) is 149 cm³/mol. The number of nitrogens with zero attached hydrogens (tertiary/aromatic N) is 1. The fourth-order valence-electron chi connectivity index (χ4n) is 6.82. The van der Waals surface area contributed by atoms with Crippen LogP contribution in [0.2, 0.25) is 0 Å². The molecule has 0 atom stereocenters. The molecule has 9 heteroatoms. The third-order valence-corrected chi connectivity index (χ3v) is 9.89. The molecular formula is C28H26BrFN2O3S2. The van der Waals surface area contributed by atoms with Crippen LogP contribution >= 0.6 is 39.9 Å². The lowest BCUT2D eigenvalue weighted by molar-refractivity contribution is -0.152. The number of hydrazine groups is 1. The van der Waals surface area contributed by atoms with E-state index < -0.39 is 0 Å². The van der Waals surface area contributed by atoms with Crippen LogP contribution in [0.25, 0.3) is 6.08 Å². The molecule has 0 radical (unpaired) electrons. The fraction of sp³-hybridized carbons (Fsp3) is 0.393. The summed E-state index contributed by atoms with van der Waals surface area (Å²) in [7, 11) is 0. The second-order valence-electron chi connectivity index (χ2n) is 10.8. The third-order valence-electron chi connectivity index (χ3n) is 8.09. The largest absolute Gasteiger partial charge is 0.488 e. The summed E-state index contributed by atoms with van der Waals surface area (Å²) in [6, 6.07) is 11.7. The summed E-state index contributed by atoms with van der Waals surface area (Å²) in [4.78, 5) is 27.3. The van der Waals surface area contributed by atoms with Gasteiger partial charge in [0, 0.05) is 10.0 Å². The van der Waals surface area contributed by atoms with E-state index in [9.17, 15) is 14.0 Å². The Bertz CT molecular complexity index is 1280. The molecule has 4 saturated carbocycles. The normalized spacial score (nSPS) is 29.3. The molecule has 1 saturated heterocycles. The highest BCUT2D eigenvalue weighted by Crippen LogP contribution is 2.60. The molecule has 0 aromatic heterocycles. The molecule has 5 aliphatic rings. The molecule has 1 heterocycles. The summed E-state index contributed by atoms with van der Waals surface area (Å²) in [5, 5.41) is 1.24. The summed E-state index contributed by atoms with van der Waals surface area (Å²) in [5.74, 6) is 1.78. The molecular weight excluding hydrogens is 575 g/mol. The highest BCUT2D eigenvalue weighted by Gasteiger charge is 2.55. The van der Waals surface area contributed by atoms with Crippen molar-refractivity contribution in [2.45, 2.75) is 45.1 Å². The zero-order valence-corrected chi connectivity index (χ0v) is 23.3. The van der Waals surface area contributed by atoms with Gasteiger partial charge in [-0.2, -0.15) is 5.01 Å². The van der Waals surface area contributed by atoms with E-state index in [1.807, 2.05) is 18.2 Å². The Morgan fingerprint density at radius 3 is 2.43 bits per heavy atom. The molecule has 5 fully saturated rings. The summed E-state index contributed by atoms with van der Waals surface area (Å²) >= 11 is 10.2. The Kier molecular flexibility index (Phi) is 6.65. The van der Waals surface area contributed by atoms with E-state index in [2.05, 4.69) is 21.4 Å². The van der Waals surface area contributed by atoms with Crippen LogP contribution in [0.1, 0.15) is 49.7 Å². The van der Waals surface area contributed by atoms with Gasteiger partial charge in [0.15, 0.2) is 4.32 Å². The third kappa shape index (κ3) is 4.98. The molecule has 4 bridgehead atoms.